The molecule has 2 heterocycles. The average molecular weight is 281 g/mol. The van der Waals surface area contributed by atoms with Crippen molar-refractivity contribution in [1.29, 1.82) is 0 Å². The summed E-state index contributed by atoms with van der Waals surface area (Å²) >= 11 is 1.72. The lowest BCUT2D eigenvalue weighted by molar-refractivity contribution is 0.243. The van der Waals surface area contributed by atoms with Crippen molar-refractivity contribution < 1.29 is 5.11 Å². The number of aliphatic hydroxyl groups excluding tert-OH is 1. The van der Waals surface area contributed by atoms with Gasteiger partial charge in [-0.05, 0) is 26.2 Å². The van der Waals surface area contributed by atoms with E-state index in [0.717, 1.165) is 23.6 Å². The fraction of sp³-hybridized carbons (Fsp3) is 0.643. The minimum atomic E-state index is 0.230. The van der Waals surface area contributed by atoms with Gasteiger partial charge in [-0.3, -0.25) is 4.40 Å². The van der Waals surface area contributed by atoms with Gasteiger partial charge in [-0.15, -0.1) is 11.3 Å². The highest BCUT2D eigenvalue weighted by Crippen LogP contribution is 2.21. The number of aryl methyl sites for hydroxylation is 2. The molecule has 2 aromatic rings. The Hall–Kier alpha value is -0.910. The zero-order chi connectivity index (χ0) is 14.0. The molecule has 4 nitrogen and oxygen atoms in total. The Bertz CT molecular complexity index is 544. The van der Waals surface area contributed by atoms with Crippen molar-refractivity contribution in [3.05, 3.63) is 22.5 Å². The third-order valence-electron chi connectivity index (χ3n) is 3.52. The lowest BCUT2D eigenvalue weighted by Crippen LogP contribution is -2.34. The van der Waals surface area contributed by atoms with E-state index in [1.165, 1.54) is 10.6 Å². The monoisotopic (exact) mass is 281 g/mol. The molecule has 0 aromatic carbocycles. The maximum Gasteiger partial charge on any atom is 0.194 e. The summed E-state index contributed by atoms with van der Waals surface area (Å²) in [4.78, 5) is 6.94. The summed E-state index contributed by atoms with van der Waals surface area (Å²) in [5, 5.41) is 12.7. The molecule has 2 rings (SSSR count). The van der Waals surface area contributed by atoms with Gasteiger partial charge in [-0.2, -0.15) is 0 Å². The van der Waals surface area contributed by atoms with E-state index in [0.29, 0.717) is 12.0 Å². The van der Waals surface area contributed by atoms with E-state index < -0.39 is 0 Å². The van der Waals surface area contributed by atoms with Gasteiger partial charge in [0.05, 0.1) is 11.4 Å². The van der Waals surface area contributed by atoms with Gasteiger partial charge in [0.25, 0.3) is 0 Å². The van der Waals surface area contributed by atoms with E-state index in [1.807, 2.05) is 0 Å². The smallest absolute Gasteiger partial charge is 0.194 e. The summed E-state index contributed by atoms with van der Waals surface area (Å²) in [5.74, 6) is 0.514. The number of nitrogens with one attached hydrogen (secondary N) is 1. The number of thiazole rings is 1. The molecule has 0 aliphatic rings. The average Bonchev–Trinajstić information content (AvgIpc) is 2.80. The van der Waals surface area contributed by atoms with Gasteiger partial charge in [0.15, 0.2) is 4.96 Å². The number of rotatable bonds is 6. The molecular weight excluding hydrogens is 258 g/mol. The molecule has 0 radical (unpaired) electrons. The van der Waals surface area contributed by atoms with Crippen LogP contribution in [-0.2, 0) is 6.54 Å². The summed E-state index contributed by atoms with van der Waals surface area (Å²) in [5.41, 5.74) is 2.31. The Morgan fingerprint density at radius 2 is 2.16 bits per heavy atom. The molecule has 0 aliphatic heterocycles. The molecule has 0 saturated carbocycles. The summed E-state index contributed by atoms with van der Waals surface area (Å²) in [6.07, 6.45) is 2.94. The predicted octanol–water partition coefficient (Wildman–Crippen LogP) is 2.51. The number of nitrogens with zero attached hydrogens (tertiary/aromatic N) is 2. The van der Waals surface area contributed by atoms with Gasteiger partial charge in [0.2, 0.25) is 0 Å². The molecule has 1 atom stereocenters. The Labute approximate surface area is 118 Å². The molecule has 0 amide bonds. The van der Waals surface area contributed by atoms with Gasteiger partial charge in [0.1, 0.15) is 0 Å². The molecule has 0 saturated heterocycles. The first-order valence-corrected chi connectivity index (χ1v) is 7.62. The second-order valence-electron chi connectivity index (χ2n) is 5.38. The molecule has 106 valence electrons. The fourth-order valence-electron chi connectivity index (χ4n) is 2.36. The van der Waals surface area contributed by atoms with Crippen molar-refractivity contribution in [2.24, 2.45) is 5.92 Å². The fourth-order valence-corrected chi connectivity index (χ4v) is 3.25. The number of imidazole rings is 1. The van der Waals surface area contributed by atoms with Crippen molar-refractivity contribution in [3.8, 4) is 0 Å². The first-order chi connectivity index (χ1) is 9.02. The SMILES string of the molecule is Cc1cn2c(CNC(CCO)C(C)C)c(C)nc2s1. The molecular formula is C14H23N3OS. The minimum Gasteiger partial charge on any atom is -0.396 e. The highest BCUT2D eigenvalue weighted by atomic mass is 32.1. The van der Waals surface area contributed by atoms with Gasteiger partial charge in [-0.1, -0.05) is 13.8 Å². The summed E-state index contributed by atoms with van der Waals surface area (Å²) in [7, 11) is 0. The molecule has 0 fully saturated rings. The summed E-state index contributed by atoms with van der Waals surface area (Å²) < 4.78 is 2.18. The summed E-state index contributed by atoms with van der Waals surface area (Å²) in [6.45, 7) is 9.55. The van der Waals surface area contributed by atoms with E-state index >= 15 is 0 Å². The number of aliphatic hydroxyl groups is 1. The number of hydrogen-bond donors (Lipinski definition) is 2. The van der Waals surface area contributed by atoms with Crippen LogP contribution in [0.15, 0.2) is 6.20 Å². The van der Waals surface area contributed by atoms with Gasteiger partial charge < -0.3 is 10.4 Å². The van der Waals surface area contributed by atoms with Crippen LogP contribution < -0.4 is 5.32 Å². The van der Waals surface area contributed by atoms with Crippen molar-refractivity contribution in [2.75, 3.05) is 6.61 Å². The number of fused-ring (bicyclic) bond motifs is 1. The maximum absolute atomic E-state index is 9.12. The summed E-state index contributed by atoms with van der Waals surface area (Å²) in [6, 6.07) is 0.342. The topological polar surface area (TPSA) is 49.6 Å². The molecule has 1 unspecified atom stereocenters. The third-order valence-corrected chi connectivity index (χ3v) is 4.42. The molecule has 19 heavy (non-hydrogen) atoms. The number of aromatic nitrogens is 2. The highest BCUT2D eigenvalue weighted by molar-refractivity contribution is 7.17. The predicted molar refractivity (Wildman–Crippen MR) is 79.7 cm³/mol. The van der Waals surface area contributed by atoms with Crippen molar-refractivity contribution in [1.82, 2.24) is 14.7 Å². The Kier molecular flexibility index (Phi) is 4.60. The quantitative estimate of drug-likeness (QED) is 0.855. The normalized spacial score (nSPS) is 13.6. The van der Waals surface area contributed by atoms with Crippen LogP contribution in [0.4, 0.5) is 0 Å². The molecule has 0 spiro atoms. The van der Waals surface area contributed by atoms with Crippen LogP contribution in [0.5, 0.6) is 0 Å². The maximum atomic E-state index is 9.12. The van der Waals surface area contributed by atoms with Crippen LogP contribution in [0.2, 0.25) is 0 Å². The lowest BCUT2D eigenvalue weighted by atomic mass is 10.0. The van der Waals surface area contributed by atoms with Crippen molar-refractivity contribution >= 4 is 16.3 Å². The van der Waals surface area contributed by atoms with Gasteiger partial charge >= 0.3 is 0 Å². The highest BCUT2D eigenvalue weighted by Gasteiger charge is 2.15. The largest absolute Gasteiger partial charge is 0.396 e. The molecule has 0 bridgehead atoms. The zero-order valence-electron chi connectivity index (χ0n) is 12.1. The van der Waals surface area contributed by atoms with Crippen LogP contribution >= 0.6 is 11.3 Å². The van der Waals surface area contributed by atoms with Gasteiger partial charge in [0, 0.05) is 30.3 Å². The zero-order valence-corrected chi connectivity index (χ0v) is 12.9. The standard InChI is InChI=1S/C14H23N3OS/c1-9(2)12(5-6-18)15-7-13-11(4)16-14-17(13)8-10(3)19-14/h8-9,12,15,18H,5-7H2,1-4H3. The van der Waals surface area contributed by atoms with Crippen LogP contribution in [0.3, 0.4) is 0 Å². The van der Waals surface area contributed by atoms with Crippen LogP contribution in [-0.4, -0.2) is 27.1 Å². The second kappa shape index (κ2) is 6.03. The molecule has 5 heteroatoms. The van der Waals surface area contributed by atoms with Crippen molar-refractivity contribution in [3.63, 3.8) is 0 Å². The second-order valence-corrected chi connectivity index (χ2v) is 6.60. The first kappa shape index (κ1) is 14.5. The number of hydrogen-bond acceptors (Lipinski definition) is 4. The van der Waals surface area contributed by atoms with E-state index in [-0.39, 0.29) is 6.61 Å². The lowest BCUT2D eigenvalue weighted by Gasteiger charge is -2.21. The van der Waals surface area contributed by atoms with Crippen LogP contribution in [0, 0.1) is 19.8 Å². The van der Waals surface area contributed by atoms with E-state index in [4.69, 9.17) is 5.11 Å². The third kappa shape index (κ3) is 3.16. The van der Waals surface area contributed by atoms with Crippen molar-refractivity contribution in [2.45, 2.75) is 46.7 Å². The Balaban J connectivity index is 2.13. The Morgan fingerprint density at radius 3 is 2.79 bits per heavy atom. The molecule has 2 aromatic heterocycles. The van der Waals surface area contributed by atoms with Crippen LogP contribution in [0.1, 0.15) is 36.5 Å². The first-order valence-electron chi connectivity index (χ1n) is 6.81. The minimum absolute atomic E-state index is 0.230. The Morgan fingerprint density at radius 1 is 1.42 bits per heavy atom. The van der Waals surface area contributed by atoms with E-state index in [9.17, 15) is 0 Å². The van der Waals surface area contributed by atoms with Crippen LogP contribution in [0.25, 0.3) is 4.96 Å². The van der Waals surface area contributed by atoms with Gasteiger partial charge in [-0.25, -0.2) is 4.98 Å². The van der Waals surface area contributed by atoms with E-state index in [2.05, 4.69) is 48.6 Å². The molecule has 2 N–H and O–H groups in total. The van der Waals surface area contributed by atoms with E-state index in [1.54, 1.807) is 11.3 Å². The molecule has 0 aliphatic carbocycles.